The normalized spacial score (nSPS) is 28.5. The molecule has 0 spiro atoms. The van der Waals surface area contributed by atoms with Crippen molar-refractivity contribution in [1.82, 2.24) is 10.2 Å². The topological polar surface area (TPSA) is 15.3 Å². The third-order valence-electron chi connectivity index (χ3n) is 4.57. The van der Waals surface area contributed by atoms with Crippen LogP contribution < -0.4 is 5.32 Å². The smallest absolute Gasteiger partial charge is 0.0252 e. The second kappa shape index (κ2) is 6.38. The van der Waals surface area contributed by atoms with E-state index in [1.807, 2.05) is 0 Å². The Hall–Kier alpha value is -0.0800. The van der Waals surface area contributed by atoms with E-state index in [4.69, 9.17) is 0 Å². The first kappa shape index (κ1) is 14.3. The first-order valence-corrected chi connectivity index (χ1v) is 8.11. The maximum atomic E-state index is 3.73. The van der Waals surface area contributed by atoms with Gasteiger partial charge in [0, 0.05) is 24.7 Å². The summed E-state index contributed by atoms with van der Waals surface area (Å²) in [4.78, 5) is 2.79. The van der Waals surface area contributed by atoms with E-state index in [2.05, 4.69) is 31.0 Å². The molecule has 1 atom stereocenters. The number of rotatable bonds is 7. The number of hydrogen-bond donors (Lipinski definition) is 1. The summed E-state index contributed by atoms with van der Waals surface area (Å²) in [6.45, 7) is 10.8. The van der Waals surface area contributed by atoms with Crippen molar-refractivity contribution in [3.63, 3.8) is 0 Å². The maximum absolute atomic E-state index is 3.73. The zero-order chi connectivity index (χ0) is 13.0. The van der Waals surface area contributed by atoms with Gasteiger partial charge in [-0.1, -0.05) is 32.6 Å². The van der Waals surface area contributed by atoms with Gasteiger partial charge in [-0.3, -0.25) is 4.90 Å². The van der Waals surface area contributed by atoms with Crippen molar-refractivity contribution in [3.05, 3.63) is 0 Å². The Kier molecular flexibility index (Phi) is 5.08. The molecule has 1 aliphatic heterocycles. The van der Waals surface area contributed by atoms with Gasteiger partial charge in [-0.25, -0.2) is 0 Å². The summed E-state index contributed by atoms with van der Waals surface area (Å²) in [7, 11) is 0. The zero-order valence-corrected chi connectivity index (χ0v) is 12.7. The van der Waals surface area contributed by atoms with Gasteiger partial charge in [-0.2, -0.15) is 0 Å². The molecule has 1 N–H and O–H groups in total. The van der Waals surface area contributed by atoms with Crippen molar-refractivity contribution in [2.75, 3.05) is 19.6 Å². The van der Waals surface area contributed by atoms with Crippen molar-refractivity contribution in [1.29, 1.82) is 0 Å². The minimum Gasteiger partial charge on any atom is -0.309 e. The van der Waals surface area contributed by atoms with Gasteiger partial charge in [-0.05, 0) is 45.6 Å². The fraction of sp³-hybridized carbons (Fsp3) is 1.00. The number of nitrogens with zero attached hydrogens (tertiary/aromatic N) is 1. The highest BCUT2D eigenvalue weighted by Crippen LogP contribution is 2.37. The Balaban J connectivity index is 1.74. The SMILES string of the molecule is CCCCCCCN1CC(C)(C)NCC1C1CC1. The molecular weight excluding hydrogens is 220 g/mol. The molecule has 1 saturated carbocycles. The van der Waals surface area contributed by atoms with Gasteiger partial charge in [0.15, 0.2) is 0 Å². The summed E-state index contributed by atoms with van der Waals surface area (Å²) in [5.41, 5.74) is 0.314. The van der Waals surface area contributed by atoms with Crippen LogP contribution in [-0.2, 0) is 0 Å². The van der Waals surface area contributed by atoms with Crippen LogP contribution in [0, 0.1) is 5.92 Å². The van der Waals surface area contributed by atoms with E-state index in [-0.39, 0.29) is 0 Å². The Bertz CT molecular complexity index is 245. The van der Waals surface area contributed by atoms with Crippen LogP contribution >= 0.6 is 0 Å². The predicted molar refractivity (Wildman–Crippen MR) is 78.9 cm³/mol. The first-order chi connectivity index (χ1) is 8.62. The molecule has 2 heteroatoms. The van der Waals surface area contributed by atoms with Crippen molar-refractivity contribution in [2.45, 2.75) is 77.3 Å². The fourth-order valence-corrected chi connectivity index (χ4v) is 3.30. The molecule has 1 unspecified atom stereocenters. The van der Waals surface area contributed by atoms with Gasteiger partial charge < -0.3 is 5.32 Å². The lowest BCUT2D eigenvalue weighted by atomic mass is 9.96. The molecule has 0 bridgehead atoms. The molecule has 0 radical (unpaired) electrons. The molecule has 0 aromatic carbocycles. The second-order valence-electron chi connectivity index (χ2n) is 7.05. The highest BCUT2D eigenvalue weighted by molar-refractivity contribution is 4.98. The van der Waals surface area contributed by atoms with Gasteiger partial charge in [0.1, 0.15) is 0 Å². The van der Waals surface area contributed by atoms with Crippen LogP contribution in [-0.4, -0.2) is 36.1 Å². The summed E-state index contributed by atoms with van der Waals surface area (Å²) >= 11 is 0. The Morgan fingerprint density at radius 3 is 2.50 bits per heavy atom. The molecule has 0 aromatic rings. The molecule has 1 heterocycles. The lowest BCUT2D eigenvalue weighted by Crippen LogP contribution is -2.62. The summed E-state index contributed by atoms with van der Waals surface area (Å²) in [5.74, 6) is 1.00. The van der Waals surface area contributed by atoms with Crippen LogP contribution in [0.15, 0.2) is 0 Å². The van der Waals surface area contributed by atoms with Gasteiger partial charge in [-0.15, -0.1) is 0 Å². The molecule has 2 fully saturated rings. The van der Waals surface area contributed by atoms with Crippen LogP contribution in [0.2, 0.25) is 0 Å². The predicted octanol–water partition coefficient (Wildman–Crippen LogP) is 3.42. The Morgan fingerprint density at radius 1 is 1.11 bits per heavy atom. The van der Waals surface area contributed by atoms with Crippen LogP contribution in [0.25, 0.3) is 0 Å². The standard InChI is InChI=1S/C16H32N2/c1-4-5-6-7-8-11-18-13-16(2,3)17-12-15(18)14-9-10-14/h14-15,17H,4-13H2,1-3H3. The molecule has 0 aromatic heterocycles. The van der Waals surface area contributed by atoms with Crippen molar-refractivity contribution in [2.24, 2.45) is 5.92 Å². The molecule has 1 aliphatic carbocycles. The molecule has 0 amide bonds. The zero-order valence-electron chi connectivity index (χ0n) is 12.7. The quantitative estimate of drug-likeness (QED) is 0.698. The minimum absolute atomic E-state index is 0.314. The summed E-state index contributed by atoms with van der Waals surface area (Å²) in [6, 6.07) is 0.837. The van der Waals surface area contributed by atoms with Gasteiger partial charge in [0.25, 0.3) is 0 Å². The Morgan fingerprint density at radius 2 is 1.83 bits per heavy atom. The lowest BCUT2D eigenvalue weighted by Gasteiger charge is -2.45. The van der Waals surface area contributed by atoms with Crippen molar-refractivity contribution in [3.8, 4) is 0 Å². The van der Waals surface area contributed by atoms with E-state index in [1.165, 1.54) is 64.6 Å². The third-order valence-corrected chi connectivity index (χ3v) is 4.57. The molecule has 1 saturated heterocycles. The Labute approximate surface area is 114 Å². The average Bonchev–Trinajstić information content (AvgIpc) is 3.12. The molecule has 106 valence electrons. The fourth-order valence-electron chi connectivity index (χ4n) is 3.30. The van der Waals surface area contributed by atoms with Crippen LogP contribution in [0.1, 0.15) is 65.7 Å². The van der Waals surface area contributed by atoms with Crippen molar-refractivity contribution >= 4 is 0 Å². The van der Waals surface area contributed by atoms with Gasteiger partial charge >= 0.3 is 0 Å². The molecule has 2 rings (SSSR count). The van der Waals surface area contributed by atoms with E-state index in [1.54, 1.807) is 0 Å². The summed E-state index contributed by atoms with van der Waals surface area (Å²) in [5, 5.41) is 3.73. The van der Waals surface area contributed by atoms with E-state index in [0.29, 0.717) is 5.54 Å². The molecule has 18 heavy (non-hydrogen) atoms. The second-order valence-corrected chi connectivity index (χ2v) is 7.05. The number of nitrogens with one attached hydrogen (secondary N) is 1. The van der Waals surface area contributed by atoms with Crippen molar-refractivity contribution < 1.29 is 0 Å². The van der Waals surface area contributed by atoms with E-state index in [9.17, 15) is 0 Å². The summed E-state index contributed by atoms with van der Waals surface area (Å²) in [6.07, 6.45) is 9.97. The minimum atomic E-state index is 0.314. The van der Waals surface area contributed by atoms with Gasteiger partial charge in [0.05, 0.1) is 0 Å². The summed E-state index contributed by atoms with van der Waals surface area (Å²) < 4.78 is 0. The van der Waals surface area contributed by atoms with E-state index < -0.39 is 0 Å². The highest BCUT2D eigenvalue weighted by Gasteiger charge is 2.40. The molecule has 2 aliphatic rings. The monoisotopic (exact) mass is 252 g/mol. The first-order valence-electron chi connectivity index (χ1n) is 8.11. The number of unbranched alkanes of at least 4 members (excludes halogenated alkanes) is 4. The van der Waals surface area contributed by atoms with E-state index >= 15 is 0 Å². The number of hydrogen-bond acceptors (Lipinski definition) is 2. The van der Waals surface area contributed by atoms with E-state index in [0.717, 1.165) is 12.0 Å². The average molecular weight is 252 g/mol. The third kappa shape index (κ3) is 4.24. The van der Waals surface area contributed by atoms with Crippen LogP contribution in [0.5, 0.6) is 0 Å². The maximum Gasteiger partial charge on any atom is 0.0252 e. The van der Waals surface area contributed by atoms with Crippen LogP contribution in [0.3, 0.4) is 0 Å². The largest absolute Gasteiger partial charge is 0.309 e. The van der Waals surface area contributed by atoms with Crippen LogP contribution in [0.4, 0.5) is 0 Å². The lowest BCUT2D eigenvalue weighted by molar-refractivity contribution is 0.0810. The van der Waals surface area contributed by atoms with Gasteiger partial charge in [0.2, 0.25) is 0 Å². The highest BCUT2D eigenvalue weighted by atomic mass is 15.3. The number of piperazine rings is 1. The molecule has 2 nitrogen and oxygen atoms in total. The molecular formula is C16H32N2.